The largest absolute Gasteiger partial charge is 1.00 e. The van der Waals surface area contributed by atoms with Gasteiger partial charge in [0.1, 0.15) is 40.5 Å². The van der Waals surface area contributed by atoms with Crippen molar-refractivity contribution in [2.75, 3.05) is 83.7 Å². The number of anilines is 10. The van der Waals surface area contributed by atoms with Crippen LogP contribution in [0.2, 0.25) is 0 Å². The molecule has 0 spiro atoms. The molecule has 0 fully saturated rings. The molecule has 0 radical (unpaired) electrons. The average Bonchev–Trinajstić information content (AvgIpc) is 2.70. The third kappa shape index (κ3) is 26.7. The Bertz CT molecular complexity index is 3770. The summed E-state index contributed by atoms with van der Waals surface area (Å²) < 4.78 is 156. The van der Waals surface area contributed by atoms with Crippen LogP contribution in [-0.2, 0) is 59.2 Å². The SMILES string of the molecule is O=S(=O)([O-])c1ccc(Nc2nc(Nc3ccc(/C=C/c4ccc(Nc5nc(Nc6ccc(SOO[O-])cc6S(=O)(=O)[O-])nc(N(CCO)C(CO)CCO)n5)cc4S(=O)(=O)[O-])c(SOO[O-])c3)nc(N(CCO)CCO)n2)c(S(=O)(=O)[O-])c1.[Na+].[Na+].[Na+].[Na+].[Na+].[Na+]. The molecule has 4 aromatic carbocycles. The van der Waals surface area contributed by atoms with Crippen LogP contribution in [0.25, 0.3) is 12.2 Å². The van der Waals surface area contributed by atoms with Gasteiger partial charge < -0.3 is 85.3 Å². The molecule has 450 valence electrons. The number of rotatable bonds is 32. The van der Waals surface area contributed by atoms with E-state index in [0.29, 0.717) is 24.2 Å². The molecule has 6 rings (SSSR count). The maximum absolute atomic E-state index is 12.9. The van der Waals surface area contributed by atoms with Gasteiger partial charge in [0.25, 0.3) is 0 Å². The molecule has 0 bridgehead atoms. The van der Waals surface area contributed by atoms with Crippen LogP contribution in [0.1, 0.15) is 17.5 Å². The molecule has 0 aliphatic heterocycles. The molecule has 2 heterocycles. The molecule has 35 nitrogen and oxygen atoms in total. The van der Waals surface area contributed by atoms with Gasteiger partial charge in [-0.25, -0.2) is 33.7 Å². The summed E-state index contributed by atoms with van der Waals surface area (Å²) >= 11 is 0.611. The van der Waals surface area contributed by atoms with Gasteiger partial charge in [0.2, 0.25) is 35.7 Å². The molecule has 9 N–H and O–H groups in total. The minimum atomic E-state index is -5.47. The summed E-state index contributed by atoms with van der Waals surface area (Å²) in [5, 5.41) is 88.0. The Kier molecular flexibility index (Phi) is 41.1. The Hall–Kier alpha value is -0.660. The fourth-order valence-corrected chi connectivity index (χ4v) is 10.8. The fourth-order valence-electron chi connectivity index (χ4n) is 7.23. The first kappa shape index (κ1) is 88.3. The first-order chi connectivity index (χ1) is 39.3. The monoisotopic (exact) mass is 1410 g/mol. The van der Waals surface area contributed by atoms with E-state index < -0.39 is 128 Å². The summed E-state index contributed by atoms with van der Waals surface area (Å²) in [6.45, 7) is -3.22. The minimum Gasteiger partial charge on any atom is -0.744 e. The first-order valence-corrected chi connectivity index (χ1v) is 29.9. The Labute approximate surface area is 649 Å². The smallest absolute Gasteiger partial charge is 0.744 e. The molecule has 89 heavy (non-hydrogen) atoms. The maximum atomic E-state index is 12.9. The van der Waals surface area contributed by atoms with Crippen molar-refractivity contribution in [2.45, 2.75) is 41.8 Å². The Morgan fingerprint density at radius 1 is 0.494 bits per heavy atom. The summed E-state index contributed by atoms with van der Waals surface area (Å²) in [6.07, 6.45) is 2.38. The third-order valence-electron chi connectivity index (χ3n) is 10.8. The quantitative estimate of drug-likeness (QED) is 0.00473. The number of hydrogen-bond donors (Lipinski definition) is 9. The van der Waals surface area contributed by atoms with Gasteiger partial charge in [0.05, 0.1) is 87.5 Å². The van der Waals surface area contributed by atoms with E-state index in [2.05, 4.69) is 69.9 Å². The van der Waals surface area contributed by atoms with Crippen LogP contribution in [-0.4, -0.2) is 166 Å². The van der Waals surface area contributed by atoms with E-state index in [0.717, 1.165) is 24.3 Å². The number of nitrogens with zero attached hydrogens (tertiary/aromatic N) is 8. The second-order valence-corrected chi connectivity index (χ2v) is 23.1. The summed E-state index contributed by atoms with van der Waals surface area (Å²) in [5.41, 5.74) is -1.13. The van der Waals surface area contributed by atoms with Gasteiger partial charge in [-0.15, -0.1) is 0 Å². The Morgan fingerprint density at radius 2 is 0.955 bits per heavy atom. The van der Waals surface area contributed by atoms with E-state index >= 15 is 0 Å². The van der Waals surface area contributed by atoms with Crippen LogP contribution in [0.15, 0.2) is 102 Å². The van der Waals surface area contributed by atoms with Crippen LogP contribution in [0, 0.1) is 0 Å². The summed E-state index contributed by atoms with van der Waals surface area (Å²) in [6, 6.07) is 11.4. The van der Waals surface area contributed by atoms with E-state index in [1.54, 1.807) is 0 Å². The molecule has 0 saturated heterocycles. The van der Waals surface area contributed by atoms with E-state index in [4.69, 9.17) is 0 Å². The van der Waals surface area contributed by atoms with E-state index in [1.807, 2.05) is 0 Å². The van der Waals surface area contributed by atoms with Crippen molar-refractivity contribution >= 4 is 135 Å². The number of benzene rings is 4. The van der Waals surface area contributed by atoms with Crippen LogP contribution in [0.3, 0.4) is 0 Å². The molecule has 0 aliphatic rings. The van der Waals surface area contributed by atoms with Gasteiger partial charge in [-0.1, -0.05) is 24.3 Å². The Morgan fingerprint density at radius 3 is 1.44 bits per heavy atom. The van der Waals surface area contributed by atoms with Gasteiger partial charge in [0.15, 0.2) is 0 Å². The van der Waals surface area contributed by atoms with Crippen LogP contribution in [0.5, 0.6) is 0 Å². The molecule has 0 amide bonds. The van der Waals surface area contributed by atoms with Crippen molar-refractivity contribution in [3.05, 3.63) is 83.9 Å². The normalized spacial score (nSPS) is 11.7. The molecule has 1 atom stereocenters. The molecule has 2 aromatic heterocycles. The zero-order valence-corrected chi connectivity index (χ0v) is 64.5. The number of aromatic nitrogens is 6. The zero-order valence-electron chi connectivity index (χ0n) is 47.6. The van der Waals surface area contributed by atoms with Crippen molar-refractivity contribution in [3.63, 3.8) is 0 Å². The van der Waals surface area contributed by atoms with Crippen molar-refractivity contribution in [3.8, 4) is 0 Å². The molecule has 1 unspecified atom stereocenters. The summed E-state index contributed by atoms with van der Waals surface area (Å²) in [4.78, 5) is 23.9. The number of aliphatic hydroxyl groups is 5. The van der Waals surface area contributed by atoms with E-state index in [-0.39, 0.29) is 266 Å². The summed E-state index contributed by atoms with van der Waals surface area (Å²) in [7, 11) is -21.3. The zero-order chi connectivity index (χ0) is 60.7. The van der Waals surface area contributed by atoms with Gasteiger partial charge in [0, 0.05) is 47.4 Å². The standard InChI is InChI=1S/C42H48N12O23S6.6Na/c55-15-11-28(23-59)54(14-18-58)42-51-38(48-40(52-42)45-31-9-7-29(78-76-74-60)21-35(31)82(68,69)70)44-27-6-4-25(34(20-27)81(65,66)67)2-1-24-3-5-26(19-33(24)79-77-75-61)43-37-47-39(50-41(49-37)53(12-16-56)13-17-57)46-32-10-8-30(80(62,63)64)22-36(32)83(71,72)73;;;;;;/h1-10,19-22,28,55-61H,11-18,23H2,(H,62,63,64)(H,65,66,67)(H,68,69,70)(H,71,72,73)(H2,43,46,47,49,50)(H2,44,45,48,51,52);;;;;;/q;6*+1/p-6/b2-1+;;;;;;. The number of nitrogens with one attached hydrogen (secondary N) is 4. The van der Waals surface area contributed by atoms with Crippen LogP contribution >= 0.6 is 24.1 Å². The Balaban J connectivity index is 0.0000129. The second kappa shape index (κ2) is 41.4. The van der Waals surface area contributed by atoms with E-state index in [9.17, 15) is 87.9 Å². The van der Waals surface area contributed by atoms with E-state index in [1.165, 1.54) is 58.4 Å². The van der Waals surface area contributed by atoms with Crippen molar-refractivity contribution < 1.29 is 284 Å². The number of hydrogen-bond acceptors (Lipinski definition) is 37. The molecule has 0 saturated carbocycles. The van der Waals surface area contributed by atoms with Crippen molar-refractivity contribution in [2.24, 2.45) is 0 Å². The van der Waals surface area contributed by atoms with Gasteiger partial charge in [-0.05, 0) is 78.2 Å². The predicted molar refractivity (Wildman–Crippen MR) is 279 cm³/mol. The average molecular weight is 1410 g/mol. The first-order valence-electron chi connectivity index (χ1n) is 22.8. The fraction of sp³-hybridized carbons (Fsp3) is 0.238. The van der Waals surface area contributed by atoms with Crippen LogP contribution in [0.4, 0.5) is 58.4 Å². The van der Waals surface area contributed by atoms with Gasteiger partial charge in [-0.2, -0.15) is 38.6 Å². The topological polar surface area (TPSA) is 545 Å². The van der Waals surface area contributed by atoms with Gasteiger partial charge >= 0.3 is 177 Å². The van der Waals surface area contributed by atoms with Crippen molar-refractivity contribution in [1.82, 2.24) is 29.9 Å². The minimum absolute atomic E-state index is 0. The molecule has 47 heteroatoms. The van der Waals surface area contributed by atoms with Crippen LogP contribution < -0.4 is 219 Å². The molecule has 0 aliphatic carbocycles. The van der Waals surface area contributed by atoms with Gasteiger partial charge in [-0.3, -0.25) is 10.1 Å². The predicted octanol–water partition coefficient (Wildman–Crippen LogP) is -19.4. The molecular weight excluding hydrogens is 1370 g/mol. The molecule has 6 aromatic rings. The maximum Gasteiger partial charge on any atom is 1.00 e. The molecular formula is C42H42N12Na6O23S6. The van der Waals surface area contributed by atoms with Crippen molar-refractivity contribution in [1.29, 1.82) is 0 Å². The number of aliphatic hydroxyl groups excluding tert-OH is 5. The summed E-state index contributed by atoms with van der Waals surface area (Å²) in [5.74, 6) is -2.39. The third-order valence-corrected chi connectivity index (χ3v) is 15.5. The second-order valence-electron chi connectivity index (χ2n) is 16.2.